The summed E-state index contributed by atoms with van der Waals surface area (Å²) in [5, 5.41) is 7.03. The van der Waals surface area contributed by atoms with Gasteiger partial charge in [0.15, 0.2) is 0 Å². The molecule has 2 aromatic heterocycles. The number of nitrogens with zero attached hydrogens (tertiary/aromatic N) is 1. The van der Waals surface area contributed by atoms with Crippen molar-refractivity contribution in [1.82, 2.24) is 9.62 Å². The average Bonchev–Trinajstić information content (AvgIpc) is 3.48. The van der Waals surface area contributed by atoms with Crippen LogP contribution in [0.1, 0.15) is 45.4 Å². The molecule has 9 nitrogen and oxygen atoms in total. The molecule has 0 bridgehead atoms. The standard InChI is InChI=1S/C19H23N3O6S3/c1-4-28-19(25)15-11(2)14(17(24)20-3)18(30-15)21-16(23)12-7-5-9-22(12)31(26,27)13-8-6-10-29-13/h6,8,10,12H,4-5,7,9H2,1-3H3,(H,20,24)(H,21,23). The van der Waals surface area contributed by atoms with Gasteiger partial charge in [-0.05, 0) is 43.7 Å². The van der Waals surface area contributed by atoms with Crippen LogP contribution in [0.2, 0.25) is 0 Å². The fourth-order valence-corrected chi connectivity index (χ4v) is 7.28. The Kier molecular flexibility index (Phi) is 7.14. The predicted octanol–water partition coefficient (Wildman–Crippen LogP) is 2.45. The number of carbonyl (C=O) groups is 3. The van der Waals surface area contributed by atoms with Crippen molar-refractivity contribution < 1.29 is 27.5 Å². The minimum atomic E-state index is -3.80. The summed E-state index contributed by atoms with van der Waals surface area (Å²) in [5.74, 6) is -1.59. The van der Waals surface area contributed by atoms with E-state index in [-0.39, 0.29) is 32.8 Å². The van der Waals surface area contributed by atoms with E-state index in [4.69, 9.17) is 4.74 Å². The lowest BCUT2D eigenvalue weighted by atomic mass is 10.1. The first kappa shape index (κ1) is 23.4. The predicted molar refractivity (Wildman–Crippen MR) is 118 cm³/mol. The number of rotatable bonds is 7. The van der Waals surface area contributed by atoms with E-state index < -0.39 is 33.8 Å². The van der Waals surface area contributed by atoms with Crippen LogP contribution in [0.4, 0.5) is 5.00 Å². The Morgan fingerprint density at radius 3 is 2.68 bits per heavy atom. The molecule has 12 heteroatoms. The molecule has 0 aliphatic carbocycles. The maximum atomic E-state index is 13.1. The maximum Gasteiger partial charge on any atom is 0.348 e. The largest absolute Gasteiger partial charge is 0.462 e. The van der Waals surface area contributed by atoms with E-state index >= 15 is 0 Å². The van der Waals surface area contributed by atoms with Crippen LogP contribution < -0.4 is 10.6 Å². The minimum absolute atomic E-state index is 0.162. The van der Waals surface area contributed by atoms with Crippen molar-refractivity contribution >= 4 is 55.5 Å². The van der Waals surface area contributed by atoms with Gasteiger partial charge >= 0.3 is 5.97 Å². The van der Waals surface area contributed by atoms with Crippen LogP contribution in [0.5, 0.6) is 0 Å². The molecule has 3 rings (SSSR count). The number of hydrogen-bond donors (Lipinski definition) is 2. The SMILES string of the molecule is CCOC(=O)c1sc(NC(=O)C2CCCN2S(=O)(=O)c2cccs2)c(C(=O)NC)c1C. The highest BCUT2D eigenvalue weighted by Crippen LogP contribution is 2.35. The highest BCUT2D eigenvalue weighted by Gasteiger charge is 2.40. The van der Waals surface area contributed by atoms with E-state index in [2.05, 4.69) is 10.6 Å². The minimum Gasteiger partial charge on any atom is -0.462 e. The number of anilines is 1. The molecule has 0 aromatic carbocycles. The van der Waals surface area contributed by atoms with E-state index in [1.165, 1.54) is 17.4 Å². The van der Waals surface area contributed by atoms with Crippen LogP contribution in [-0.2, 0) is 19.6 Å². The zero-order valence-corrected chi connectivity index (χ0v) is 19.7. The van der Waals surface area contributed by atoms with Gasteiger partial charge in [-0.25, -0.2) is 13.2 Å². The Bertz CT molecular complexity index is 1090. The third-order valence-corrected chi connectivity index (χ3v) is 9.33. The number of hydrogen-bond acceptors (Lipinski definition) is 8. The van der Waals surface area contributed by atoms with Crippen LogP contribution in [0.3, 0.4) is 0 Å². The lowest BCUT2D eigenvalue weighted by molar-refractivity contribution is -0.119. The Hall–Kier alpha value is -2.28. The summed E-state index contributed by atoms with van der Waals surface area (Å²) < 4.78 is 32.3. The van der Waals surface area contributed by atoms with Crippen molar-refractivity contribution in [3.63, 3.8) is 0 Å². The molecule has 1 atom stereocenters. The summed E-state index contributed by atoms with van der Waals surface area (Å²) in [5.41, 5.74) is 0.558. The van der Waals surface area contributed by atoms with Gasteiger partial charge in [0.05, 0.1) is 12.2 Å². The topological polar surface area (TPSA) is 122 Å². The van der Waals surface area contributed by atoms with Gasteiger partial charge in [0.25, 0.3) is 15.9 Å². The first-order valence-electron chi connectivity index (χ1n) is 9.61. The van der Waals surface area contributed by atoms with Crippen molar-refractivity contribution in [2.75, 3.05) is 25.5 Å². The van der Waals surface area contributed by atoms with Gasteiger partial charge in [-0.3, -0.25) is 9.59 Å². The highest BCUT2D eigenvalue weighted by atomic mass is 32.2. The summed E-state index contributed by atoms with van der Waals surface area (Å²) in [6, 6.07) is 2.24. The Morgan fingerprint density at radius 2 is 2.06 bits per heavy atom. The summed E-state index contributed by atoms with van der Waals surface area (Å²) in [6.45, 7) is 3.68. The van der Waals surface area contributed by atoms with Gasteiger partial charge in [0.2, 0.25) is 5.91 Å². The van der Waals surface area contributed by atoms with Gasteiger partial charge < -0.3 is 15.4 Å². The lowest BCUT2D eigenvalue weighted by Crippen LogP contribution is -2.43. The van der Waals surface area contributed by atoms with Gasteiger partial charge in [-0.15, -0.1) is 22.7 Å². The summed E-state index contributed by atoms with van der Waals surface area (Å²) in [6.07, 6.45) is 0.906. The molecule has 31 heavy (non-hydrogen) atoms. The van der Waals surface area contributed by atoms with Crippen LogP contribution in [0.25, 0.3) is 0 Å². The van der Waals surface area contributed by atoms with E-state index in [1.54, 1.807) is 25.3 Å². The van der Waals surface area contributed by atoms with Crippen LogP contribution in [0.15, 0.2) is 21.7 Å². The average molecular weight is 486 g/mol. The molecule has 1 unspecified atom stereocenters. The second-order valence-corrected chi connectivity index (χ2v) is 10.8. The number of carbonyl (C=O) groups excluding carboxylic acids is 3. The Morgan fingerprint density at radius 1 is 1.32 bits per heavy atom. The molecule has 2 N–H and O–H groups in total. The second kappa shape index (κ2) is 9.47. The number of thiophene rings is 2. The first-order chi connectivity index (χ1) is 14.7. The van der Waals surface area contributed by atoms with E-state index in [9.17, 15) is 22.8 Å². The Balaban J connectivity index is 1.91. The van der Waals surface area contributed by atoms with Crippen molar-refractivity contribution in [2.45, 2.75) is 36.9 Å². The quantitative estimate of drug-likeness (QED) is 0.581. The number of ether oxygens (including phenoxy) is 1. The smallest absolute Gasteiger partial charge is 0.348 e. The van der Waals surface area contributed by atoms with Crippen molar-refractivity contribution in [1.29, 1.82) is 0 Å². The van der Waals surface area contributed by atoms with Crippen LogP contribution in [0, 0.1) is 6.92 Å². The van der Waals surface area contributed by atoms with Gasteiger partial charge in [0, 0.05) is 13.6 Å². The zero-order valence-electron chi connectivity index (χ0n) is 17.3. The molecule has 0 radical (unpaired) electrons. The van der Waals surface area contributed by atoms with Crippen molar-refractivity contribution in [3.05, 3.63) is 33.5 Å². The van der Waals surface area contributed by atoms with Crippen LogP contribution in [-0.4, -0.2) is 56.7 Å². The molecule has 1 aliphatic rings. The number of esters is 1. The molecule has 3 heterocycles. The molecule has 1 fully saturated rings. The Labute approximate surface area is 188 Å². The normalized spacial score (nSPS) is 16.8. The molecule has 168 valence electrons. The molecule has 2 amide bonds. The number of sulfonamides is 1. The molecule has 2 aromatic rings. The second-order valence-electron chi connectivity index (χ2n) is 6.76. The molecular weight excluding hydrogens is 462 g/mol. The molecule has 0 spiro atoms. The van der Waals surface area contributed by atoms with Crippen LogP contribution >= 0.6 is 22.7 Å². The first-order valence-corrected chi connectivity index (χ1v) is 12.7. The van der Waals surface area contributed by atoms with E-state index in [0.29, 0.717) is 18.4 Å². The van der Waals surface area contributed by atoms with Gasteiger partial charge in [-0.2, -0.15) is 4.31 Å². The number of nitrogens with one attached hydrogen (secondary N) is 2. The van der Waals surface area contributed by atoms with Gasteiger partial charge in [-0.1, -0.05) is 6.07 Å². The molecule has 0 saturated carbocycles. The lowest BCUT2D eigenvalue weighted by Gasteiger charge is -2.22. The fourth-order valence-electron chi connectivity index (χ4n) is 3.40. The highest BCUT2D eigenvalue weighted by molar-refractivity contribution is 7.91. The zero-order chi connectivity index (χ0) is 22.8. The molecule has 1 saturated heterocycles. The maximum absolute atomic E-state index is 13.1. The monoisotopic (exact) mass is 485 g/mol. The molecule has 1 aliphatic heterocycles. The van der Waals surface area contributed by atoms with Crippen molar-refractivity contribution in [2.24, 2.45) is 0 Å². The third kappa shape index (κ3) is 4.52. The van der Waals surface area contributed by atoms with E-state index in [1.807, 2.05) is 0 Å². The van der Waals surface area contributed by atoms with Crippen molar-refractivity contribution in [3.8, 4) is 0 Å². The molecular formula is C19H23N3O6S3. The number of amides is 2. The third-order valence-electron chi connectivity index (χ3n) is 4.86. The van der Waals surface area contributed by atoms with Gasteiger partial charge in [0.1, 0.15) is 20.1 Å². The summed E-state index contributed by atoms with van der Waals surface area (Å²) in [4.78, 5) is 38.0. The van der Waals surface area contributed by atoms with E-state index in [0.717, 1.165) is 22.7 Å². The summed E-state index contributed by atoms with van der Waals surface area (Å²) in [7, 11) is -2.35. The summed E-state index contributed by atoms with van der Waals surface area (Å²) >= 11 is 2.03. The fraction of sp³-hybridized carbons (Fsp3) is 0.421.